The molecule has 2 fully saturated rings. The summed E-state index contributed by atoms with van der Waals surface area (Å²) in [7, 11) is 0. The Labute approximate surface area is 150 Å². The zero-order valence-electron chi connectivity index (χ0n) is 15.8. The molecule has 1 N–H and O–H groups in total. The zero-order valence-corrected chi connectivity index (χ0v) is 15.8. The lowest BCUT2D eigenvalue weighted by atomic mass is 9.43. The summed E-state index contributed by atoms with van der Waals surface area (Å²) in [4.78, 5) is 12.6. The molecule has 25 heavy (non-hydrogen) atoms. The van der Waals surface area contributed by atoms with E-state index in [1.54, 1.807) is 6.08 Å². The summed E-state index contributed by atoms with van der Waals surface area (Å²) in [6.07, 6.45) is 4.44. The first-order chi connectivity index (χ1) is 11.7. The lowest BCUT2D eigenvalue weighted by Gasteiger charge is -2.63. The van der Waals surface area contributed by atoms with Gasteiger partial charge in [0.25, 0.3) is 0 Å². The van der Waals surface area contributed by atoms with Crippen LogP contribution in [0.1, 0.15) is 64.0 Å². The molecule has 0 spiro atoms. The van der Waals surface area contributed by atoms with Crippen molar-refractivity contribution in [1.29, 1.82) is 0 Å². The van der Waals surface area contributed by atoms with Crippen LogP contribution < -0.4 is 4.74 Å². The maximum atomic E-state index is 12.6. The molecule has 0 unspecified atom stereocenters. The van der Waals surface area contributed by atoms with Crippen LogP contribution in [0.15, 0.2) is 23.8 Å². The van der Waals surface area contributed by atoms with Gasteiger partial charge >= 0.3 is 0 Å². The van der Waals surface area contributed by atoms with Crippen molar-refractivity contribution in [3.8, 4) is 11.5 Å². The molecule has 1 aliphatic heterocycles. The van der Waals surface area contributed by atoms with Gasteiger partial charge in [-0.2, -0.15) is 0 Å². The van der Waals surface area contributed by atoms with Crippen molar-refractivity contribution in [2.45, 2.75) is 65.4 Å². The molecular formula is C22H28O3. The fourth-order valence-corrected chi connectivity index (χ4v) is 6.07. The van der Waals surface area contributed by atoms with Crippen molar-refractivity contribution >= 4 is 5.78 Å². The largest absolute Gasteiger partial charge is 0.508 e. The number of phenolic OH excluding ortho intramolecular Hbond substituents is 1. The number of aryl methyl sites for hydroxylation is 1. The smallest absolute Gasteiger partial charge is 0.156 e. The van der Waals surface area contributed by atoms with Gasteiger partial charge in [-0.25, -0.2) is 0 Å². The number of benzene rings is 1. The number of hydrogen-bond donors (Lipinski definition) is 1. The number of phenols is 1. The Morgan fingerprint density at radius 1 is 1.36 bits per heavy atom. The van der Waals surface area contributed by atoms with Gasteiger partial charge in [-0.3, -0.25) is 4.79 Å². The van der Waals surface area contributed by atoms with Crippen LogP contribution >= 0.6 is 0 Å². The normalized spacial score (nSPS) is 37.4. The number of aromatic hydroxyl groups is 1. The van der Waals surface area contributed by atoms with E-state index in [4.69, 9.17) is 4.74 Å². The molecule has 1 aromatic carbocycles. The van der Waals surface area contributed by atoms with Crippen molar-refractivity contribution in [3.63, 3.8) is 0 Å². The summed E-state index contributed by atoms with van der Waals surface area (Å²) in [5, 5.41) is 10.7. The Morgan fingerprint density at radius 3 is 2.76 bits per heavy atom. The Hall–Kier alpha value is -1.77. The number of ketones is 1. The molecule has 0 aromatic heterocycles. The average Bonchev–Trinajstić information content (AvgIpc) is 2.79. The summed E-state index contributed by atoms with van der Waals surface area (Å²) in [6, 6.07) is 3.87. The first-order valence-electron chi connectivity index (χ1n) is 9.36. The average molecular weight is 340 g/mol. The highest BCUT2D eigenvalue weighted by molar-refractivity contribution is 5.91. The van der Waals surface area contributed by atoms with Gasteiger partial charge in [-0.15, -0.1) is 0 Å². The van der Waals surface area contributed by atoms with E-state index in [0.717, 1.165) is 35.3 Å². The van der Waals surface area contributed by atoms with Gasteiger partial charge in [-0.1, -0.05) is 12.5 Å². The molecule has 3 aliphatic rings. The third kappa shape index (κ3) is 2.21. The van der Waals surface area contributed by atoms with Crippen LogP contribution in [0.3, 0.4) is 0 Å². The van der Waals surface area contributed by atoms with Crippen molar-refractivity contribution in [2.75, 3.05) is 0 Å². The maximum absolute atomic E-state index is 12.6. The summed E-state index contributed by atoms with van der Waals surface area (Å²) in [5.41, 5.74) is 2.72. The van der Waals surface area contributed by atoms with E-state index >= 15 is 0 Å². The molecular weight excluding hydrogens is 312 g/mol. The van der Waals surface area contributed by atoms with E-state index in [9.17, 15) is 9.90 Å². The van der Waals surface area contributed by atoms with Crippen molar-refractivity contribution < 1.29 is 14.6 Å². The molecule has 2 aliphatic carbocycles. The molecule has 0 saturated heterocycles. The highest BCUT2D eigenvalue weighted by Crippen LogP contribution is 2.75. The number of ether oxygens (including phenoxy) is 1. The third-order valence-corrected chi connectivity index (χ3v) is 6.93. The second-order valence-corrected chi connectivity index (χ2v) is 9.13. The summed E-state index contributed by atoms with van der Waals surface area (Å²) >= 11 is 0. The van der Waals surface area contributed by atoms with Crippen LogP contribution in [-0.4, -0.2) is 16.5 Å². The van der Waals surface area contributed by atoms with Gasteiger partial charge in [0.15, 0.2) is 5.78 Å². The molecule has 1 aromatic rings. The fourth-order valence-electron chi connectivity index (χ4n) is 6.07. The molecule has 5 atom stereocenters. The van der Waals surface area contributed by atoms with Crippen LogP contribution in [0.5, 0.6) is 11.5 Å². The molecule has 2 saturated carbocycles. The molecule has 4 rings (SSSR count). The van der Waals surface area contributed by atoms with Crippen LogP contribution in [0.4, 0.5) is 0 Å². The van der Waals surface area contributed by atoms with Gasteiger partial charge in [0.05, 0.1) is 0 Å². The summed E-state index contributed by atoms with van der Waals surface area (Å²) in [5.74, 6) is 2.44. The number of fused-ring (bicyclic) bond motifs is 2. The maximum Gasteiger partial charge on any atom is 0.156 e. The van der Waals surface area contributed by atoms with Gasteiger partial charge in [0, 0.05) is 23.8 Å². The second kappa shape index (κ2) is 5.12. The lowest BCUT2D eigenvalue weighted by molar-refractivity contribution is -0.145. The highest BCUT2D eigenvalue weighted by atomic mass is 16.5. The van der Waals surface area contributed by atoms with E-state index in [0.29, 0.717) is 24.0 Å². The van der Waals surface area contributed by atoms with Crippen LogP contribution in [-0.2, 0) is 4.79 Å². The van der Waals surface area contributed by atoms with Crippen LogP contribution in [0, 0.1) is 24.2 Å². The van der Waals surface area contributed by atoms with Crippen molar-refractivity contribution in [3.05, 3.63) is 34.9 Å². The SMILES string of the molecule is CC(C)=CC(=O)C[C@]1(C)[C@@H]2c3c(O)cc(C)cc3O[C@]3(C)CC[C@H]1[C@H]23. The first kappa shape index (κ1) is 16.7. The van der Waals surface area contributed by atoms with Crippen molar-refractivity contribution in [2.24, 2.45) is 17.3 Å². The van der Waals surface area contributed by atoms with E-state index in [-0.39, 0.29) is 22.7 Å². The molecule has 0 bridgehead atoms. The van der Waals surface area contributed by atoms with E-state index in [1.807, 2.05) is 32.9 Å². The predicted octanol–water partition coefficient (Wildman–Crippen LogP) is 4.91. The summed E-state index contributed by atoms with van der Waals surface area (Å²) in [6.45, 7) is 10.4. The summed E-state index contributed by atoms with van der Waals surface area (Å²) < 4.78 is 6.41. The number of allylic oxidation sites excluding steroid dienone is 2. The molecule has 0 radical (unpaired) electrons. The van der Waals surface area contributed by atoms with Crippen LogP contribution in [0.2, 0.25) is 0 Å². The Balaban J connectivity index is 1.80. The van der Waals surface area contributed by atoms with Gasteiger partial charge < -0.3 is 9.84 Å². The third-order valence-electron chi connectivity index (χ3n) is 6.93. The van der Waals surface area contributed by atoms with E-state index < -0.39 is 0 Å². The first-order valence-corrected chi connectivity index (χ1v) is 9.36. The standard InChI is InChI=1S/C22H28O3/c1-12(2)8-14(23)11-21(4)15-6-7-22(5)19(15)20(21)18-16(24)9-13(3)10-17(18)25-22/h8-10,15,19-20,24H,6-7,11H2,1-5H3/t15-,19+,20+,21-,22+/m0/s1. The van der Waals surface area contributed by atoms with Crippen molar-refractivity contribution in [1.82, 2.24) is 0 Å². The highest BCUT2D eigenvalue weighted by Gasteiger charge is 2.71. The topological polar surface area (TPSA) is 46.5 Å². The second-order valence-electron chi connectivity index (χ2n) is 9.13. The van der Waals surface area contributed by atoms with Gasteiger partial charge in [-0.05, 0) is 75.6 Å². The number of carbonyl (C=O) groups excluding carboxylic acids is 1. The molecule has 3 heteroatoms. The quantitative estimate of drug-likeness (QED) is 0.796. The number of rotatable bonds is 3. The molecule has 0 amide bonds. The Bertz CT molecular complexity index is 789. The van der Waals surface area contributed by atoms with Crippen LogP contribution in [0.25, 0.3) is 0 Å². The Morgan fingerprint density at radius 2 is 2.08 bits per heavy atom. The van der Waals surface area contributed by atoms with Gasteiger partial charge in [0.2, 0.25) is 0 Å². The monoisotopic (exact) mass is 340 g/mol. The molecule has 3 nitrogen and oxygen atoms in total. The number of hydrogen-bond acceptors (Lipinski definition) is 3. The fraction of sp³-hybridized carbons (Fsp3) is 0.591. The minimum atomic E-state index is -0.165. The van der Waals surface area contributed by atoms with E-state index in [1.165, 1.54) is 0 Å². The van der Waals surface area contributed by atoms with Gasteiger partial charge in [0.1, 0.15) is 17.1 Å². The molecule has 1 heterocycles. The predicted molar refractivity (Wildman–Crippen MR) is 98.0 cm³/mol. The zero-order chi connectivity index (χ0) is 18.1. The number of carbonyl (C=O) groups is 1. The Kier molecular flexibility index (Phi) is 3.42. The lowest BCUT2D eigenvalue weighted by Crippen LogP contribution is -2.61. The minimum Gasteiger partial charge on any atom is -0.508 e. The van der Waals surface area contributed by atoms with E-state index in [2.05, 4.69) is 13.8 Å². The minimum absolute atomic E-state index is 0.100. The molecule has 134 valence electrons.